The minimum atomic E-state index is -0.994. The second-order valence-corrected chi connectivity index (χ2v) is 12.8. The molecule has 7 rings (SSSR count). The summed E-state index contributed by atoms with van der Waals surface area (Å²) in [6.45, 7) is 1.96. The van der Waals surface area contributed by atoms with Crippen molar-refractivity contribution in [2.24, 2.45) is 22.6 Å². The first-order valence-electron chi connectivity index (χ1n) is 16.3. The number of amides is 5. The van der Waals surface area contributed by atoms with Crippen molar-refractivity contribution in [2.45, 2.75) is 50.6 Å². The van der Waals surface area contributed by atoms with Crippen molar-refractivity contribution < 1.29 is 24.0 Å². The maximum atomic E-state index is 13.2. The summed E-state index contributed by atoms with van der Waals surface area (Å²) < 4.78 is 0. The lowest BCUT2D eigenvalue weighted by Gasteiger charge is -2.39. The van der Waals surface area contributed by atoms with Gasteiger partial charge in [0, 0.05) is 55.6 Å². The molecule has 0 bridgehead atoms. The molecule has 13 nitrogen and oxygen atoms in total. The average molecular weight is 649 g/mol. The number of carbonyl (C=O) groups excluding carboxylic acids is 5. The van der Waals surface area contributed by atoms with Crippen LogP contribution in [-0.2, 0) is 14.4 Å². The number of benzene rings is 2. The van der Waals surface area contributed by atoms with Crippen LogP contribution in [0.4, 0.5) is 5.69 Å². The number of aliphatic imine (C=N–C) groups is 1. The Bertz CT molecular complexity index is 1880. The third kappa shape index (κ3) is 6.03. The summed E-state index contributed by atoms with van der Waals surface area (Å²) in [5.74, 6) is -1.60. The van der Waals surface area contributed by atoms with Crippen LogP contribution in [0.3, 0.4) is 0 Å². The van der Waals surface area contributed by atoms with Crippen molar-refractivity contribution in [1.82, 2.24) is 25.1 Å². The number of piperidine rings is 2. The Hall–Kier alpha value is -5.46. The van der Waals surface area contributed by atoms with Crippen LogP contribution in [0.2, 0.25) is 0 Å². The number of rotatable bonds is 8. The molecule has 1 saturated carbocycles. The molecule has 48 heavy (non-hydrogen) atoms. The monoisotopic (exact) mass is 648 g/mol. The van der Waals surface area contributed by atoms with Gasteiger partial charge in [-0.1, -0.05) is 12.1 Å². The number of nitrogens with zero attached hydrogens (tertiary/aromatic N) is 5. The van der Waals surface area contributed by atoms with E-state index in [1.807, 2.05) is 29.2 Å². The molecule has 3 aromatic rings. The molecule has 3 fully saturated rings. The summed E-state index contributed by atoms with van der Waals surface area (Å²) in [6, 6.07) is 11.7. The van der Waals surface area contributed by atoms with Crippen molar-refractivity contribution in [1.29, 1.82) is 0 Å². The Labute approximate surface area is 276 Å². The summed E-state index contributed by atoms with van der Waals surface area (Å²) in [6.07, 6.45) is 8.27. The van der Waals surface area contributed by atoms with E-state index in [-0.39, 0.29) is 41.8 Å². The predicted octanol–water partition coefficient (Wildman–Crippen LogP) is 2.53. The molecular weight excluding hydrogens is 612 g/mol. The maximum Gasteiger partial charge on any atom is 0.262 e. The molecule has 2 saturated heterocycles. The van der Waals surface area contributed by atoms with Crippen molar-refractivity contribution in [3.63, 3.8) is 0 Å². The highest BCUT2D eigenvalue weighted by Crippen LogP contribution is 2.36. The second-order valence-electron chi connectivity index (χ2n) is 12.8. The topological polar surface area (TPSA) is 180 Å². The summed E-state index contributed by atoms with van der Waals surface area (Å²) in [4.78, 5) is 79.9. The number of carbonyl (C=O) groups is 5. The van der Waals surface area contributed by atoms with Gasteiger partial charge in [-0.2, -0.15) is 0 Å². The lowest BCUT2D eigenvalue weighted by Crippen LogP contribution is -2.54. The van der Waals surface area contributed by atoms with Crippen molar-refractivity contribution >= 4 is 58.0 Å². The SMILES string of the molecule is NC=C(C=NC1CCN(C(=O)C2CC(CNc3ccc4c(c3)C(=O)N(C3CCC(=O)NC3=O)C4=O)C2)CC1)c1cnc2ccccc2n1. The number of likely N-dealkylation sites (tertiary alicyclic amines) is 1. The van der Waals surface area contributed by atoms with E-state index >= 15 is 0 Å². The van der Waals surface area contributed by atoms with Gasteiger partial charge in [0.1, 0.15) is 6.04 Å². The zero-order valence-electron chi connectivity index (χ0n) is 26.3. The fraction of sp³-hybridized carbons (Fsp3) is 0.371. The van der Waals surface area contributed by atoms with E-state index in [0.29, 0.717) is 42.5 Å². The number of nitrogens with two attached hydrogens (primary N) is 1. The largest absolute Gasteiger partial charge is 0.404 e. The number of hydrogen-bond acceptors (Lipinski definition) is 10. The molecule has 2 aromatic carbocycles. The summed E-state index contributed by atoms with van der Waals surface area (Å²) >= 11 is 0. The van der Waals surface area contributed by atoms with E-state index in [0.717, 1.165) is 41.6 Å². The van der Waals surface area contributed by atoms with Gasteiger partial charge in [0.05, 0.1) is 40.1 Å². The number of imide groups is 2. The van der Waals surface area contributed by atoms with Gasteiger partial charge in [-0.15, -0.1) is 0 Å². The highest BCUT2D eigenvalue weighted by molar-refractivity contribution is 6.23. The molecular formula is C35H36N8O5. The molecule has 4 aliphatic rings. The van der Waals surface area contributed by atoms with Crippen molar-refractivity contribution in [2.75, 3.05) is 25.0 Å². The van der Waals surface area contributed by atoms with Gasteiger partial charge in [0.25, 0.3) is 11.8 Å². The van der Waals surface area contributed by atoms with Gasteiger partial charge in [-0.25, -0.2) is 4.98 Å². The van der Waals surface area contributed by atoms with E-state index in [1.165, 1.54) is 6.20 Å². The first-order valence-corrected chi connectivity index (χ1v) is 16.3. The van der Waals surface area contributed by atoms with Crippen LogP contribution in [0.25, 0.3) is 16.6 Å². The van der Waals surface area contributed by atoms with Crippen LogP contribution in [0.5, 0.6) is 0 Å². The molecule has 13 heteroatoms. The molecule has 4 heterocycles. The molecule has 5 amide bonds. The van der Waals surface area contributed by atoms with Crippen LogP contribution in [0.1, 0.15) is 64.9 Å². The minimum absolute atomic E-state index is 0.00333. The van der Waals surface area contributed by atoms with Gasteiger partial charge >= 0.3 is 0 Å². The third-order valence-corrected chi connectivity index (χ3v) is 9.74. The quantitative estimate of drug-likeness (QED) is 0.244. The first-order chi connectivity index (χ1) is 23.3. The van der Waals surface area contributed by atoms with Crippen LogP contribution in [0, 0.1) is 11.8 Å². The Morgan fingerprint density at radius 2 is 1.75 bits per heavy atom. The Morgan fingerprint density at radius 1 is 1.00 bits per heavy atom. The smallest absolute Gasteiger partial charge is 0.262 e. The molecule has 246 valence electrons. The normalized spacial score (nSPS) is 23.4. The number of nitrogens with one attached hydrogen (secondary N) is 2. The van der Waals surface area contributed by atoms with Crippen LogP contribution in [0.15, 0.2) is 59.9 Å². The Balaban J connectivity index is 0.862. The van der Waals surface area contributed by atoms with E-state index in [9.17, 15) is 24.0 Å². The van der Waals surface area contributed by atoms with Crippen molar-refractivity contribution in [3.05, 3.63) is 71.7 Å². The number of allylic oxidation sites excluding steroid dienone is 1. The molecule has 1 aliphatic carbocycles. The van der Waals surface area contributed by atoms with Gasteiger partial charge in [-0.05, 0) is 68.4 Å². The number of hydrogen-bond donors (Lipinski definition) is 3. The highest BCUT2D eigenvalue weighted by atomic mass is 16.2. The van der Waals surface area contributed by atoms with E-state index in [4.69, 9.17) is 10.7 Å². The summed E-state index contributed by atoms with van der Waals surface area (Å²) in [5, 5.41) is 5.55. The van der Waals surface area contributed by atoms with Crippen molar-refractivity contribution in [3.8, 4) is 0 Å². The molecule has 1 aromatic heterocycles. The van der Waals surface area contributed by atoms with E-state index in [1.54, 1.807) is 30.6 Å². The highest BCUT2D eigenvalue weighted by Gasteiger charge is 2.45. The molecule has 1 atom stereocenters. The lowest BCUT2D eigenvalue weighted by atomic mass is 9.74. The predicted molar refractivity (Wildman–Crippen MR) is 178 cm³/mol. The molecule has 4 N–H and O–H groups in total. The number of anilines is 1. The fourth-order valence-electron chi connectivity index (χ4n) is 6.92. The number of aromatic nitrogens is 2. The molecule has 0 radical (unpaired) electrons. The van der Waals surface area contributed by atoms with Gasteiger partial charge < -0.3 is 16.0 Å². The van der Waals surface area contributed by atoms with E-state index in [2.05, 4.69) is 20.6 Å². The average Bonchev–Trinajstić information content (AvgIpc) is 3.32. The van der Waals surface area contributed by atoms with E-state index < -0.39 is 29.7 Å². The van der Waals surface area contributed by atoms with Crippen LogP contribution < -0.4 is 16.4 Å². The van der Waals surface area contributed by atoms with Gasteiger partial charge in [-0.3, -0.25) is 44.2 Å². The Morgan fingerprint density at radius 3 is 2.50 bits per heavy atom. The van der Waals surface area contributed by atoms with Crippen LogP contribution in [-0.4, -0.2) is 87.2 Å². The third-order valence-electron chi connectivity index (χ3n) is 9.74. The maximum absolute atomic E-state index is 13.2. The molecule has 0 spiro atoms. The fourth-order valence-corrected chi connectivity index (χ4v) is 6.92. The Kier molecular flexibility index (Phi) is 8.42. The van der Waals surface area contributed by atoms with Crippen LogP contribution >= 0.6 is 0 Å². The lowest BCUT2D eigenvalue weighted by molar-refractivity contribution is -0.141. The minimum Gasteiger partial charge on any atom is -0.404 e. The molecule has 3 aliphatic heterocycles. The van der Waals surface area contributed by atoms with Gasteiger partial charge in [0.15, 0.2) is 0 Å². The van der Waals surface area contributed by atoms with Gasteiger partial charge in [0.2, 0.25) is 17.7 Å². The summed E-state index contributed by atoms with van der Waals surface area (Å²) in [5.41, 5.74) is 10.0. The zero-order valence-corrected chi connectivity index (χ0v) is 26.3. The standard InChI is InChI=1S/C35H36N8O5/c36-16-22(29-19-39-27-3-1-2-4-28(27)40-29)18-38-23-9-11-42(12-10-23)33(46)21-13-20(14-21)17-37-24-5-6-25-26(15-24)35(48)43(34(25)47)30-7-8-31(44)41-32(30)45/h1-6,15-16,18-21,23,30,37H,7-14,17,36H2,(H,41,44,45). The first kappa shape index (κ1) is 31.2. The zero-order chi connectivity index (χ0) is 33.4. The summed E-state index contributed by atoms with van der Waals surface area (Å²) in [7, 11) is 0. The number of fused-ring (bicyclic) bond motifs is 2. The number of para-hydroxylation sites is 2. The molecule has 1 unspecified atom stereocenters. The second kappa shape index (κ2) is 13.0.